The number of fused-ring (bicyclic) bond motifs is 1. The molecule has 0 amide bonds. The van der Waals surface area contributed by atoms with E-state index < -0.39 is 12.1 Å². The molecule has 2 aromatic rings. The Kier molecular flexibility index (Phi) is 9.15. The van der Waals surface area contributed by atoms with Crippen LogP contribution in [0.2, 0.25) is 5.02 Å². The van der Waals surface area contributed by atoms with Crippen LogP contribution in [0.5, 0.6) is 0 Å². The highest BCUT2D eigenvalue weighted by Crippen LogP contribution is 2.37. The maximum Gasteiger partial charge on any atom is 0.490 e. The van der Waals surface area contributed by atoms with Gasteiger partial charge in [0.25, 0.3) is 0 Å². The standard InChI is InChI=1S/C24H32ClN3O2.C2HF3O2/c1-17-13-26-24(30-17)19-4-8-21(9-5-19)28-15-23-16-29-11-10-27(23)14-22(28)12-18-2-6-20(25)7-3-18;3-2(4,5)1(6)7/h2-3,6-7,13,19,21-23H,4-5,8-12,14-16H2,1H3;(H,6,7)/t19?,21?,22-,23+;/m0./s1. The number of benzene rings is 1. The monoisotopic (exact) mass is 543 g/mol. The zero-order valence-corrected chi connectivity index (χ0v) is 21.5. The van der Waals surface area contributed by atoms with E-state index in [4.69, 9.17) is 30.7 Å². The van der Waals surface area contributed by atoms with Crippen molar-refractivity contribution in [3.63, 3.8) is 0 Å². The Morgan fingerprint density at radius 2 is 1.81 bits per heavy atom. The number of hydrogen-bond acceptors (Lipinski definition) is 6. The normalized spacial score (nSPS) is 27.2. The van der Waals surface area contributed by atoms with Crippen molar-refractivity contribution < 1.29 is 32.2 Å². The van der Waals surface area contributed by atoms with Crippen LogP contribution in [0.1, 0.15) is 48.8 Å². The van der Waals surface area contributed by atoms with Gasteiger partial charge in [0.2, 0.25) is 0 Å². The lowest BCUT2D eigenvalue weighted by atomic mass is 9.83. The molecule has 1 N–H and O–H groups in total. The Bertz CT molecular complexity index is 1020. The van der Waals surface area contributed by atoms with Gasteiger partial charge in [0.15, 0.2) is 5.89 Å². The van der Waals surface area contributed by atoms with Gasteiger partial charge >= 0.3 is 12.1 Å². The molecule has 0 bridgehead atoms. The van der Waals surface area contributed by atoms with Gasteiger partial charge in [-0.05, 0) is 56.7 Å². The lowest BCUT2D eigenvalue weighted by Gasteiger charge is -2.51. The molecule has 7 nitrogen and oxygen atoms in total. The van der Waals surface area contributed by atoms with Crippen molar-refractivity contribution in [1.82, 2.24) is 14.8 Å². The van der Waals surface area contributed by atoms with Gasteiger partial charge in [0.05, 0.1) is 19.4 Å². The van der Waals surface area contributed by atoms with Crippen LogP contribution in [0.4, 0.5) is 13.2 Å². The summed E-state index contributed by atoms with van der Waals surface area (Å²) in [5, 5.41) is 7.94. The molecular formula is C26H33ClF3N3O4. The number of alkyl halides is 3. The molecule has 1 aromatic carbocycles. The molecule has 0 unspecified atom stereocenters. The van der Waals surface area contributed by atoms with Crippen molar-refractivity contribution in [1.29, 1.82) is 0 Å². The predicted octanol–water partition coefficient (Wildman–Crippen LogP) is 4.92. The molecule has 3 aliphatic rings. The summed E-state index contributed by atoms with van der Waals surface area (Å²) < 4.78 is 43.4. The van der Waals surface area contributed by atoms with Crippen molar-refractivity contribution in [2.75, 3.05) is 32.8 Å². The molecule has 37 heavy (non-hydrogen) atoms. The molecule has 1 saturated carbocycles. The number of morpholine rings is 1. The first-order valence-electron chi connectivity index (χ1n) is 12.6. The van der Waals surface area contributed by atoms with Gasteiger partial charge in [-0.2, -0.15) is 13.2 Å². The summed E-state index contributed by atoms with van der Waals surface area (Å²) in [4.78, 5) is 18.9. The van der Waals surface area contributed by atoms with E-state index in [1.54, 1.807) is 0 Å². The third kappa shape index (κ3) is 7.46. The highest BCUT2D eigenvalue weighted by molar-refractivity contribution is 6.30. The number of nitrogens with zero attached hydrogens (tertiary/aromatic N) is 3. The molecule has 0 spiro atoms. The summed E-state index contributed by atoms with van der Waals surface area (Å²) in [5.41, 5.74) is 1.38. The fourth-order valence-electron chi connectivity index (χ4n) is 5.60. The van der Waals surface area contributed by atoms with E-state index in [9.17, 15) is 13.2 Å². The number of aliphatic carboxylic acids is 1. The van der Waals surface area contributed by atoms with Crippen molar-refractivity contribution in [2.45, 2.75) is 69.2 Å². The summed E-state index contributed by atoms with van der Waals surface area (Å²) in [5.74, 6) is -0.422. The third-order valence-corrected chi connectivity index (χ3v) is 7.72. The summed E-state index contributed by atoms with van der Waals surface area (Å²) in [7, 11) is 0. The Labute approximate surface area is 219 Å². The number of aromatic nitrogens is 1. The maximum absolute atomic E-state index is 10.6. The predicted molar refractivity (Wildman–Crippen MR) is 132 cm³/mol. The average Bonchev–Trinajstić information content (AvgIpc) is 3.31. The zero-order valence-electron chi connectivity index (χ0n) is 20.8. The lowest BCUT2D eigenvalue weighted by Crippen LogP contribution is -2.64. The highest BCUT2D eigenvalue weighted by atomic mass is 35.5. The van der Waals surface area contributed by atoms with Gasteiger partial charge in [-0.15, -0.1) is 0 Å². The topological polar surface area (TPSA) is 79.0 Å². The molecule has 11 heteroatoms. The van der Waals surface area contributed by atoms with Crippen LogP contribution in [-0.4, -0.2) is 83.0 Å². The minimum absolute atomic E-state index is 0.476. The van der Waals surface area contributed by atoms with E-state index in [-0.39, 0.29) is 0 Å². The average molecular weight is 544 g/mol. The second kappa shape index (κ2) is 12.1. The highest BCUT2D eigenvalue weighted by Gasteiger charge is 2.40. The van der Waals surface area contributed by atoms with E-state index in [0.29, 0.717) is 24.0 Å². The van der Waals surface area contributed by atoms with Crippen LogP contribution in [0.3, 0.4) is 0 Å². The minimum Gasteiger partial charge on any atom is -0.475 e. The third-order valence-electron chi connectivity index (χ3n) is 7.47. The largest absolute Gasteiger partial charge is 0.490 e. The number of carboxylic acids is 1. The molecule has 204 valence electrons. The number of oxazole rings is 1. The van der Waals surface area contributed by atoms with Crippen molar-refractivity contribution in [2.24, 2.45) is 0 Å². The summed E-state index contributed by atoms with van der Waals surface area (Å²) in [6.07, 6.45) is 2.62. The van der Waals surface area contributed by atoms with Gasteiger partial charge < -0.3 is 14.3 Å². The maximum atomic E-state index is 10.6. The second-order valence-corrected chi connectivity index (χ2v) is 10.5. The van der Waals surface area contributed by atoms with Crippen molar-refractivity contribution in [3.8, 4) is 0 Å². The van der Waals surface area contributed by atoms with Gasteiger partial charge in [0, 0.05) is 48.7 Å². The molecule has 1 aromatic heterocycles. The van der Waals surface area contributed by atoms with Crippen LogP contribution < -0.4 is 0 Å². The van der Waals surface area contributed by atoms with Gasteiger partial charge in [-0.3, -0.25) is 9.80 Å². The number of ether oxygens (including phenoxy) is 1. The smallest absolute Gasteiger partial charge is 0.475 e. The Balaban J connectivity index is 0.000000405. The van der Waals surface area contributed by atoms with E-state index in [1.165, 1.54) is 31.2 Å². The first-order chi connectivity index (χ1) is 17.6. The number of piperazine rings is 1. The van der Waals surface area contributed by atoms with Gasteiger partial charge in [-0.1, -0.05) is 23.7 Å². The van der Waals surface area contributed by atoms with Crippen molar-refractivity contribution in [3.05, 3.63) is 52.7 Å². The van der Waals surface area contributed by atoms with Gasteiger partial charge in [-0.25, -0.2) is 9.78 Å². The number of aryl methyl sites for hydroxylation is 1. The fraction of sp³-hybridized carbons (Fsp3) is 0.615. The summed E-state index contributed by atoms with van der Waals surface area (Å²) in [6, 6.07) is 10.1. The molecule has 3 fully saturated rings. The summed E-state index contributed by atoms with van der Waals surface area (Å²) in [6.45, 7) is 7.03. The second-order valence-electron chi connectivity index (χ2n) is 10.0. The van der Waals surface area contributed by atoms with Crippen LogP contribution in [0.15, 0.2) is 34.9 Å². The van der Waals surface area contributed by atoms with Crippen molar-refractivity contribution >= 4 is 17.6 Å². The van der Waals surface area contributed by atoms with Crippen LogP contribution in [-0.2, 0) is 16.0 Å². The molecule has 2 aliphatic heterocycles. The molecule has 5 rings (SSSR count). The van der Waals surface area contributed by atoms with Crippen LogP contribution >= 0.6 is 11.6 Å². The van der Waals surface area contributed by atoms with E-state index in [1.807, 2.05) is 25.3 Å². The Morgan fingerprint density at radius 1 is 1.14 bits per heavy atom. The molecule has 2 atom stereocenters. The number of rotatable bonds is 4. The van der Waals surface area contributed by atoms with E-state index in [0.717, 1.165) is 55.9 Å². The number of carbonyl (C=O) groups is 1. The first kappa shape index (κ1) is 27.9. The molecule has 1 aliphatic carbocycles. The molecule has 3 heterocycles. The number of halogens is 4. The zero-order chi connectivity index (χ0) is 26.6. The van der Waals surface area contributed by atoms with Gasteiger partial charge in [0.1, 0.15) is 5.76 Å². The number of hydrogen-bond donors (Lipinski definition) is 1. The molecular weight excluding hydrogens is 511 g/mol. The molecule has 0 radical (unpaired) electrons. The van der Waals surface area contributed by atoms with Crippen LogP contribution in [0.25, 0.3) is 0 Å². The molecule has 2 saturated heterocycles. The Morgan fingerprint density at radius 3 is 2.41 bits per heavy atom. The van der Waals surface area contributed by atoms with E-state index in [2.05, 4.69) is 26.9 Å². The minimum atomic E-state index is -5.08. The lowest BCUT2D eigenvalue weighted by molar-refractivity contribution is -0.192. The number of carboxylic acid groups (broad SMARTS) is 1. The first-order valence-corrected chi connectivity index (χ1v) is 13.0. The Hall–Kier alpha value is -2.14. The SMILES string of the molecule is Cc1cnc(C2CCC(N3C[C@@H]4COCCN4C[C@@H]3Cc3ccc(Cl)cc3)CC2)o1.O=C(O)C(F)(F)F. The fourth-order valence-corrected chi connectivity index (χ4v) is 5.73. The summed E-state index contributed by atoms with van der Waals surface area (Å²) >= 11 is 6.12. The van der Waals surface area contributed by atoms with E-state index >= 15 is 0 Å². The van der Waals surface area contributed by atoms with Crippen LogP contribution in [0, 0.1) is 6.92 Å². The quantitative estimate of drug-likeness (QED) is 0.586.